The molecule has 0 aliphatic carbocycles. The number of nitrogens with zero attached hydrogens (tertiary/aromatic N) is 4. The molecule has 0 saturated carbocycles. The van der Waals surface area contributed by atoms with E-state index >= 15 is 0 Å². The number of non-ortho nitro benzene ring substituents is 1. The Balaban J connectivity index is 1.47. The number of carbonyl (C=O) groups is 1. The third-order valence-corrected chi connectivity index (χ3v) is 7.81. The summed E-state index contributed by atoms with van der Waals surface area (Å²) in [5.74, 6) is 1.27. The summed E-state index contributed by atoms with van der Waals surface area (Å²) in [5, 5.41) is 22.7. The number of amides is 1. The molecule has 5 rings (SSSR count). The highest BCUT2D eigenvalue weighted by Gasteiger charge is 2.34. The Hall–Kier alpha value is -4.44. The van der Waals surface area contributed by atoms with Crippen LogP contribution in [0.4, 0.5) is 17.3 Å². The van der Waals surface area contributed by atoms with Crippen LogP contribution in [0.2, 0.25) is 0 Å². The van der Waals surface area contributed by atoms with Gasteiger partial charge in [-0.2, -0.15) is 4.98 Å². The van der Waals surface area contributed by atoms with E-state index in [2.05, 4.69) is 48.7 Å². The molecular weight excluding hydrogens is 524 g/mol. The van der Waals surface area contributed by atoms with E-state index in [4.69, 9.17) is 10.1 Å². The Labute approximate surface area is 236 Å². The van der Waals surface area contributed by atoms with Crippen LogP contribution in [0.3, 0.4) is 0 Å². The van der Waals surface area contributed by atoms with Gasteiger partial charge < -0.3 is 10.6 Å². The molecular formula is C30H30N6O3S. The van der Waals surface area contributed by atoms with Crippen molar-refractivity contribution in [2.24, 2.45) is 0 Å². The van der Waals surface area contributed by atoms with Crippen LogP contribution in [-0.2, 0) is 10.5 Å². The van der Waals surface area contributed by atoms with Gasteiger partial charge in [0.1, 0.15) is 6.04 Å². The quantitative estimate of drug-likeness (QED) is 0.139. The maximum absolute atomic E-state index is 13.8. The molecule has 4 aromatic rings. The highest BCUT2D eigenvalue weighted by molar-refractivity contribution is 7.98. The van der Waals surface area contributed by atoms with Crippen molar-refractivity contribution in [1.29, 1.82) is 0 Å². The molecule has 2 heterocycles. The summed E-state index contributed by atoms with van der Waals surface area (Å²) in [5.41, 5.74) is 6.11. The largest absolute Gasteiger partial charge is 0.328 e. The number of benzene rings is 3. The number of allylic oxidation sites excluding steroid dienone is 1. The minimum Gasteiger partial charge on any atom is -0.328 e. The fraction of sp³-hybridized carbons (Fsp3) is 0.233. The summed E-state index contributed by atoms with van der Waals surface area (Å²) in [7, 11) is 0. The van der Waals surface area contributed by atoms with Crippen molar-refractivity contribution in [2.45, 2.75) is 50.6 Å². The molecule has 9 nitrogen and oxygen atoms in total. The maximum atomic E-state index is 13.8. The highest BCUT2D eigenvalue weighted by Crippen LogP contribution is 2.37. The number of aromatic nitrogens is 3. The van der Waals surface area contributed by atoms with Crippen LogP contribution in [-0.4, -0.2) is 25.6 Å². The van der Waals surface area contributed by atoms with Crippen molar-refractivity contribution < 1.29 is 9.72 Å². The number of nitrogens with one attached hydrogen (secondary N) is 2. The lowest BCUT2D eigenvalue weighted by Crippen LogP contribution is -2.31. The van der Waals surface area contributed by atoms with Gasteiger partial charge in [0, 0.05) is 29.3 Å². The van der Waals surface area contributed by atoms with Gasteiger partial charge in [-0.3, -0.25) is 14.9 Å². The van der Waals surface area contributed by atoms with Gasteiger partial charge in [-0.1, -0.05) is 80.2 Å². The van der Waals surface area contributed by atoms with E-state index in [0.717, 1.165) is 22.4 Å². The molecule has 0 bridgehead atoms. The summed E-state index contributed by atoms with van der Waals surface area (Å²) in [6.45, 7) is 8.13. The summed E-state index contributed by atoms with van der Waals surface area (Å²) in [4.78, 5) is 29.0. The van der Waals surface area contributed by atoms with E-state index in [1.807, 2.05) is 38.1 Å². The molecule has 40 heavy (non-hydrogen) atoms. The third kappa shape index (κ3) is 5.62. The first-order valence-corrected chi connectivity index (χ1v) is 14.0. The molecule has 0 saturated heterocycles. The number of rotatable bonds is 8. The topological polar surface area (TPSA) is 115 Å². The summed E-state index contributed by atoms with van der Waals surface area (Å²) in [6.07, 6.45) is 0. The lowest BCUT2D eigenvalue weighted by Gasteiger charge is -2.29. The van der Waals surface area contributed by atoms with Crippen LogP contribution < -0.4 is 10.6 Å². The first-order chi connectivity index (χ1) is 19.2. The number of nitro groups is 1. The SMILES string of the molecule is CC1=C(C(=O)Nc2ccccc2C)C(c2ccc(C(C)C)cc2)n2nc(SCc3ccc([N+](=O)[O-])cc3)nc2N1. The standard InChI is InChI=1S/C30H30N6O3S/c1-18(2)22-11-13-23(14-12-22)27-26(28(37)32-25-8-6-5-7-19(25)3)20(4)31-29-33-30(34-35(27)29)40-17-21-9-15-24(16-10-21)36(38)39/h5-16,18,27H,17H2,1-4H3,(H,32,37)(H,31,33,34). The highest BCUT2D eigenvalue weighted by atomic mass is 32.2. The monoisotopic (exact) mass is 554 g/mol. The maximum Gasteiger partial charge on any atom is 0.269 e. The predicted octanol–water partition coefficient (Wildman–Crippen LogP) is 6.84. The summed E-state index contributed by atoms with van der Waals surface area (Å²) >= 11 is 1.43. The second-order valence-electron chi connectivity index (χ2n) is 10.0. The van der Waals surface area contributed by atoms with E-state index in [1.54, 1.807) is 16.8 Å². The van der Waals surface area contributed by atoms with Crippen molar-refractivity contribution in [3.63, 3.8) is 0 Å². The van der Waals surface area contributed by atoms with E-state index in [-0.39, 0.29) is 11.6 Å². The number of anilines is 2. The van der Waals surface area contributed by atoms with Crippen LogP contribution in [0.15, 0.2) is 89.2 Å². The van der Waals surface area contributed by atoms with Crippen molar-refractivity contribution >= 4 is 35.0 Å². The molecule has 204 valence electrons. The minimum atomic E-state index is -0.484. The summed E-state index contributed by atoms with van der Waals surface area (Å²) < 4.78 is 1.77. The van der Waals surface area contributed by atoms with Gasteiger partial charge in [0.25, 0.3) is 11.6 Å². The molecule has 1 atom stereocenters. The molecule has 3 aromatic carbocycles. The fourth-order valence-corrected chi connectivity index (χ4v) is 5.41. The number of hydrogen-bond acceptors (Lipinski definition) is 7. The van der Waals surface area contributed by atoms with Crippen molar-refractivity contribution in [3.8, 4) is 0 Å². The Morgan fingerprint density at radius 3 is 2.42 bits per heavy atom. The molecule has 0 spiro atoms. The average Bonchev–Trinajstić information content (AvgIpc) is 3.35. The number of para-hydroxylation sites is 1. The van der Waals surface area contributed by atoms with Crippen molar-refractivity contribution in [1.82, 2.24) is 14.8 Å². The zero-order valence-corrected chi connectivity index (χ0v) is 23.5. The van der Waals surface area contributed by atoms with Gasteiger partial charge in [-0.25, -0.2) is 4.68 Å². The lowest BCUT2D eigenvalue weighted by molar-refractivity contribution is -0.384. The van der Waals surface area contributed by atoms with Gasteiger partial charge in [-0.15, -0.1) is 5.10 Å². The van der Waals surface area contributed by atoms with Gasteiger partial charge in [0.2, 0.25) is 11.1 Å². The predicted molar refractivity (Wildman–Crippen MR) is 157 cm³/mol. The molecule has 0 radical (unpaired) electrons. The van der Waals surface area contributed by atoms with Crippen LogP contribution in [0.25, 0.3) is 0 Å². The van der Waals surface area contributed by atoms with Gasteiger partial charge in [0.15, 0.2) is 0 Å². The zero-order valence-electron chi connectivity index (χ0n) is 22.7. The van der Waals surface area contributed by atoms with Crippen LogP contribution in [0.1, 0.15) is 55.0 Å². The normalized spacial score (nSPS) is 14.6. The fourth-order valence-electron chi connectivity index (χ4n) is 4.62. The second-order valence-corrected chi connectivity index (χ2v) is 11.0. The Morgan fingerprint density at radius 2 is 1.77 bits per heavy atom. The first kappa shape index (κ1) is 27.1. The van der Waals surface area contributed by atoms with Crippen LogP contribution in [0, 0.1) is 17.0 Å². The van der Waals surface area contributed by atoms with Crippen LogP contribution in [0.5, 0.6) is 0 Å². The first-order valence-electron chi connectivity index (χ1n) is 13.0. The Bertz CT molecular complexity index is 1590. The van der Waals surface area contributed by atoms with E-state index in [9.17, 15) is 14.9 Å². The number of aryl methyl sites for hydroxylation is 1. The van der Waals surface area contributed by atoms with Gasteiger partial charge in [0.05, 0.1) is 10.5 Å². The van der Waals surface area contributed by atoms with Gasteiger partial charge >= 0.3 is 0 Å². The molecule has 1 aromatic heterocycles. The van der Waals surface area contributed by atoms with Gasteiger partial charge in [-0.05, 0) is 48.1 Å². The number of thioether (sulfide) groups is 1. The Kier molecular flexibility index (Phi) is 7.70. The number of nitro benzene ring substituents is 1. The second kappa shape index (κ2) is 11.4. The smallest absolute Gasteiger partial charge is 0.269 e. The van der Waals surface area contributed by atoms with Crippen molar-refractivity contribution in [3.05, 3.63) is 116 Å². The van der Waals surface area contributed by atoms with Crippen molar-refractivity contribution in [2.75, 3.05) is 10.6 Å². The number of carbonyl (C=O) groups excluding carboxylic acids is 1. The number of hydrogen-bond donors (Lipinski definition) is 2. The molecule has 1 aliphatic heterocycles. The number of fused-ring (bicyclic) bond motifs is 1. The summed E-state index contributed by atoms with van der Waals surface area (Å²) in [6, 6.07) is 21.9. The van der Waals surface area contributed by atoms with E-state index < -0.39 is 11.0 Å². The zero-order chi connectivity index (χ0) is 28.4. The lowest BCUT2D eigenvalue weighted by atomic mass is 9.92. The molecule has 0 fully saturated rings. The van der Waals surface area contributed by atoms with E-state index in [0.29, 0.717) is 34.0 Å². The van der Waals surface area contributed by atoms with Crippen LogP contribution >= 0.6 is 11.8 Å². The molecule has 10 heteroatoms. The average molecular weight is 555 g/mol. The Morgan fingerprint density at radius 1 is 1.07 bits per heavy atom. The minimum absolute atomic E-state index is 0.0536. The molecule has 2 N–H and O–H groups in total. The molecule has 1 amide bonds. The third-order valence-electron chi connectivity index (χ3n) is 6.91. The van der Waals surface area contributed by atoms with E-state index in [1.165, 1.54) is 29.5 Å². The molecule has 1 unspecified atom stereocenters. The molecule has 1 aliphatic rings.